The molecule has 0 aromatic heterocycles. The fourth-order valence-corrected chi connectivity index (χ4v) is 2.14. The molecule has 0 heterocycles. The van der Waals surface area contributed by atoms with Gasteiger partial charge in [0, 0.05) is 5.75 Å². The molecule has 0 aliphatic rings. The van der Waals surface area contributed by atoms with Crippen LogP contribution in [0, 0.1) is 23.3 Å². The summed E-state index contributed by atoms with van der Waals surface area (Å²) >= 11 is 0.601. The molecule has 0 fully saturated rings. The second-order valence-electron chi connectivity index (χ2n) is 3.39. The van der Waals surface area contributed by atoms with Crippen LogP contribution in [0.15, 0.2) is 11.5 Å². The summed E-state index contributed by atoms with van der Waals surface area (Å²) < 4.78 is 58.7. The number of aliphatic hydroxyl groups excluding tert-OH is 1. The van der Waals surface area contributed by atoms with Gasteiger partial charge in [-0.1, -0.05) is 12.7 Å². The molecule has 2 nitrogen and oxygen atoms in total. The SMILES string of the molecule is C=Cc1c(F)c(F)c(SCCOCCO)c(F)c1F. The molecule has 0 radical (unpaired) electrons. The van der Waals surface area contributed by atoms with Gasteiger partial charge >= 0.3 is 0 Å². The second kappa shape index (κ2) is 7.52. The van der Waals surface area contributed by atoms with Crippen LogP contribution in [-0.2, 0) is 4.74 Å². The Balaban J connectivity index is 2.87. The monoisotopic (exact) mass is 296 g/mol. The summed E-state index contributed by atoms with van der Waals surface area (Å²) in [5.74, 6) is -5.72. The van der Waals surface area contributed by atoms with Gasteiger partial charge in [-0.05, 0) is 0 Å². The minimum atomic E-state index is -1.47. The Kier molecular flexibility index (Phi) is 6.33. The van der Waals surface area contributed by atoms with Gasteiger partial charge in [0.25, 0.3) is 0 Å². The number of benzene rings is 1. The first-order valence-corrected chi connectivity index (χ1v) is 6.32. The molecule has 1 N–H and O–H groups in total. The van der Waals surface area contributed by atoms with Crippen LogP contribution in [0.4, 0.5) is 17.6 Å². The highest BCUT2D eigenvalue weighted by molar-refractivity contribution is 7.99. The van der Waals surface area contributed by atoms with Crippen molar-refractivity contribution in [2.45, 2.75) is 4.90 Å². The van der Waals surface area contributed by atoms with E-state index in [0.717, 1.165) is 6.08 Å². The Hall–Kier alpha value is -1.05. The molecule has 0 spiro atoms. The Morgan fingerprint density at radius 1 is 1.05 bits per heavy atom. The van der Waals surface area contributed by atoms with E-state index in [2.05, 4.69) is 6.58 Å². The molecule has 0 atom stereocenters. The lowest BCUT2D eigenvalue weighted by atomic mass is 10.2. The fourth-order valence-electron chi connectivity index (χ4n) is 1.30. The third kappa shape index (κ3) is 3.71. The third-order valence-electron chi connectivity index (χ3n) is 2.17. The van der Waals surface area contributed by atoms with Crippen molar-refractivity contribution < 1.29 is 27.4 Å². The molecule has 0 bridgehead atoms. The van der Waals surface area contributed by atoms with Gasteiger partial charge in [0.15, 0.2) is 23.3 Å². The maximum atomic E-state index is 13.5. The third-order valence-corrected chi connectivity index (χ3v) is 3.19. The van der Waals surface area contributed by atoms with Gasteiger partial charge in [0.1, 0.15) is 0 Å². The average molecular weight is 296 g/mol. The highest BCUT2D eigenvalue weighted by atomic mass is 32.2. The van der Waals surface area contributed by atoms with Crippen molar-refractivity contribution in [1.82, 2.24) is 0 Å². The minimum absolute atomic E-state index is 0.0870. The molecule has 0 saturated carbocycles. The van der Waals surface area contributed by atoms with E-state index in [1.54, 1.807) is 0 Å². The molecule has 106 valence electrons. The molecule has 0 saturated heterocycles. The van der Waals surface area contributed by atoms with Crippen LogP contribution >= 0.6 is 11.8 Å². The summed E-state index contributed by atoms with van der Waals surface area (Å²) in [6, 6.07) is 0. The molecule has 0 aliphatic carbocycles. The number of hydrogen-bond acceptors (Lipinski definition) is 3. The lowest BCUT2D eigenvalue weighted by Crippen LogP contribution is -2.05. The largest absolute Gasteiger partial charge is 0.394 e. The van der Waals surface area contributed by atoms with Crippen LogP contribution in [-0.4, -0.2) is 30.7 Å². The summed E-state index contributed by atoms with van der Waals surface area (Å²) in [6.07, 6.45) is 0.718. The first-order valence-electron chi connectivity index (χ1n) is 5.34. The molecular formula is C12H12F4O2S. The van der Waals surface area contributed by atoms with Crippen LogP contribution in [0.5, 0.6) is 0 Å². The minimum Gasteiger partial charge on any atom is -0.394 e. The predicted molar refractivity (Wildman–Crippen MR) is 65.0 cm³/mol. The summed E-state index contributed by atoms with van der Waals surface area (Å²) in [4.78, 5) is -0.729. The summed E-state index contributed by atoms with van der Waals surface area (Å²) in [5.41, 5.74) is -0.823. The van der Waals surface area contributed by atoms with Crippen molar-refractivity contribution in [3.8, 4) is 0 Å². The molecule has 0 amide bonds. The van der Waals surface area contributed by atoms with Crippen LogP contribution < -0.4 is 0 Å². The molecule has 1 aromatic carbocycles. The van der Waals surface area contributed by atoms with Crippen LogP contribution in [0.3, 0.4) is 0 Å². The van der Waals surface area contributed by atoms with Crippen molar-refractivity contribution in [2.75, 3.05) is 25.6 Å². The van der Waals surface area contributed by atoms with Gasteiger partial charge in [-0.25, -0.2) is 17.6 Å². The fraction of sp³-hybridized carbons (Fsp3) is 0.333. The van der Waals surface area contributed by atoms with Crippen LogP contribution in [0.2, 0.25) is 0 Å². The molecule has 7 heteroatoms. The number of hydrogen-bond donors (Lipinski definition) is 1. The summed E-state index contributed by atoms with van der Waals surface area (Å²) in [5, 5.41) is 8.44. The van der Waals surface area contributed by atoms with Crippen molar-refractivity contribution in [3.05, 3.63) is 35.4 Å². The number of thioether (sulfide) groups is 1. The zero-order valence-corrected chi connectivity index (χ0v) is 10.7. The number of halogens is 4. The first-order chi connectivity index (χ1) is 9.04. The van der Waals surface area contributed by atoms with Gasteiger partial charge in [-0.3, -0.25) is 0 Å². The smallest absolute Gasteiger partial charge is 0.176 e. The number of aliphatic hydroxyl groups is 1. The maximum absolute atomic E-state index is 13.5. The number of ether oxygens (including phenoxy) is 1. The second-order valence-corrected chi connectivity index (χ2v) is 4.49. The lowest BCUT2D eigenvalue weighted by Gasteiger charge is -2.09. The first kappa shape index (κ1) is 16.0. The Bertz CT molecular complexity index is 437. The zero-order valence-electron chi connectivity index (χ0n) is 9.89. The van der Waals surface area contributed by atoms with Crippen molar-refractivity contribution in [1.29, 1.82) is 0 Å². The van der Waals surface area contributed by atoms with Gasteiger partial charge < -0.3 is 9.84 Å². The predicted octanol–water partition coefficient (Wildman–Crippen LogP) is 2.99. The van der Waals surface area contributed by atoms with Gasteiger partial charge in [-0.15, -0.1) is 11.8 Å². The molecule has 19 heavy (non-hydrogen) atoms. The highest BCUT2D eigenvalue weighted by Crippen LogP contribution is 2.31. The van der Waals surface area contributed by atoms with Crippen molar-refractivity contribution in [2.24, 2.45) is 0 Å². The molecule has 1 rings (SSSR count). The average Bonchev–Trinajstić information content (AvgIpc) is 2.40. The van der Waals surface area contributed by atoms with Gasteiger partial charge in [-0.2, -0.15) is 0 Å². The van der Waals surface area contributed by atoms with Gasteiger partial charge in [0.05, 0.1) is 30.3 Å². The lowest BCUT2D eigenvalue weighted by molar-refractivity contribution is 0.103. The van der Waals surface area contributed by atoms with Crippen molar-refractivity contribution >= 4 is 17.8 Å². The highest BCUT2D eigenvalue weighted by Gasteiger charge is 2.23. The summed E-state index contributed by atoms with van der Waals surface area (Å²) in [6.45, 7) is 3.10. The van der Waals surface area contributed by atoms with Crippen LogP contribution in [0.1, 0.15) is 5.56 Å². The van der Waals surface area contributed by atoms with Crippen molar-refractivity contribution in [3.63, 3.8) is 0 Å². The quantitative estimate of drug-likeness (QED) is 0.363. The van der Waals surface area contributed by atoms with E-state index in [9.17, 15) is 17.6 Å². The van der Waals surface area contributed by atoms with E-state index >= 15 is 0 Å². The molecule has 1 aromatic rings. The number of rotatable bonds is 7. The maximum Gasteiger partial charge on any atom is 0.176 e. The van der Waals surface area contributed by atoms with E-state index < -0.39 is 33.7 Å². The molecule has 0 aliphatic heterocycles. The Morgan fingerprint density at radius 2 is 1.63 bits per heavy atom. The van der Waals surface area contributed by atoms with E-state index in [0.29, 0.717) is 11.8 Å². The zero-order chi connectivity index (χ0) is 14.4. The topological polar surface area (TPSA) is 29.5 Å². The van der Waals surface area contributed by atoms with Crippen LogP contribution in [0.25, 0.3) is 6.08 Å². The van der Waals surface area contributed by atoms with E-state index in [1.807, 2.05) is 0 Å². The normalized spacial score (nSPS) is 10.8. The molecular weight excluding hydrogens is 284 g/mol. The Morgan fingerprint density at radius 3 is 2.11 bits per heavy atom. The van der Waals surface area contributed by atoms with E-state index in [-0.39, 0.29) is 25.6 Å². The standard InChI is InChI=1S/C12H12F4O2S/c1-2-7-8(13)10(15)12(11(16)9(7)14)19-6-5-18-4-3-17/h2,17H,1,3-6H2. The Labute approximate surface area is 112 Å². The van der Waals surface area contributed by atoms with E-state index in [1.165, 1.54) is 0 Å². The van der Waals surface area contributed by atoms with Gasteiger partial charge in [0.2, 0.25) is 0 Å². The molecule has 0 unspecified atom stereocenters. The van der Waals surface area contributed by atoms with E-state index in [4.69, 9.17) is 9.84 Å². The summed E-state index contributed by atoms with van der Waals surface area (Å²) in [7, 11) is 0.